The van der Waals surface area contributed by atoms with Crippen LogP contribution in [0.15, 0.2) is 54.6 Å². The second-order valence-electron chi connectivity index (χ2n) is 6.95. The van der Waals surface area contributed by atoms with E-state index < -0.39 is 11.4 Å². The third-order valence-electron chi connectivity index (χ3n) is 3.88. The summed E-state index contributed by atoms with van der Waals surface area (Å²) in [5.74, 6) is 0.0405. The maximum atomic E-state index is 12.7. The number of ketones is 1. The third kappa shape index (κ3) is 5.31. The molecule has 0 fully saturated rings. The predicted molar refractivity (Wildman–Crippen MR) is 103 cm³/mol. The lowest BCUT2D eigenvalue weighted by Gasteiger charge is -2.16. The van der Waals surface area contributed by atoms with Gasteiger partial charge in [-0.3, -0.25) is 4.79 Å². The van der Waals surface area contributed by atoms with Crippen molar-refractivity contribution in [3.8, 4) is 5.75 Å². The molecule has 0 atom stereocenters. The zero-order valence-electron chi connectivity index (χ0n) is 15.6. The van der Waals surface area contributed by atoms with Gasteiger partial charge in [0.25, 0.3) is 0 Å². The average Bonchev–Trinajstić information content (AvgIpc) is 2.64. The van der Waals surface area contributed by atoms with Crippen molar-refractivity contribution in [3.63, 3.8) is 0 Å². The Balaban J connectivity index is 2.31. The van der Waals surface area contributed by atoms with E-state index >= 15 is 0 Å². The number of carbonyl (C=O) groups excluding carboxylic acids is 2. The highest BCUT2D eigenvalue weighted by molar-refractivity contribution is 6.21. The number of benzene rings is 2. The zero-order chi connectivity index (χ0) is 19.2. The molecule has 0 heterocycles. The highest BCUT2D eigenvalue weighted by Gasteiger charge is 2.23. The molecule has 0 unspecified atom stereocenters. The number of methoxy groups -OCH3 is 1. The number of hydrogen-bond donors (Lipinski definition) is 0. The van der Waals surface area contributed by atoms with E-state index in [1.807, 2.05) is 54.6 Å². The lowest BCUT2D eigenvalue weighted by molar-refractivity contribution is -0.144. The highest BCUT2D eigenvalue weighted by Crippen LogP contribution is 2.23. The van der Waals surface area contributed by atoms with Crippen LogP contribution in [-0.2, 0) is 14.3 Å². The maximum absolute atomic E-state index is 12.7. The van der Waals surface area contributed by atoms with Crippen LogP contribution in [0, 0.1) is 5.41 Å². The van der Waals surface area contributed by atoms with Gasteiger partial charge in [-0.25, -0.2) is 4.79 Å². The molecule has 4 heteroatoms. The molecular formula is C22H24O4. The largest absolute Gasteiger partial charge is 0.497 e. The van der Waals surface area contributed by atoms with E-state index in [9.17, 15) is 9.59 Å². The Hall–Kier alpha value is -2.88. The number of Topliss-reactive ketones (excluding diaryl/α,β-unsaturated/α-hetero) is 1. The van der Waals surface area contributed by atoms with E-state index in [-0.39, 0.29) is 12.4 Å². The van der Waals surface area contributed by atoms with E-state index in [1.165, 1.54) is 0 Å². The monoisotopic (exact) mass is 352 g/mol. The normalized spacial score (nSPS) is 11.8. The van der Waals surface area contributed by atoms with Crippen molar-refractivity contribution in [1.29, 1.82) is 0 Å². The van der Waals surface area contributed by atoms with Crippen molar-refractivity contribution < 1.29 is 19.1 Å². The standard InChI is InChI=1S/C22H24O4/c1-22(2,3)20(23)15-26-21(24)19(17-10-6-5-7-11-17)14-16-9-8-12-18(13-16)25-4/h5-14H,15H2,1-4H3. The van der Waals surface area contributed by atoms with Crippen molar-refractivity contribution >= 4 is 23.4 Å². The Morgan fingerprint density at radius 3 is 2.31 bits per heavy atom. The van der Waals surface area contributed by atoms with E-state index in [0.29, 0.717) is 11.3 Å². The van der Waals surface area contributed by atoms with Gasteiger partial charge in [0.05, 0.1) is 12.7 Å². The summed E-state index contributed by atoms with van der Waals surface area (Å²) >= 11 is 0. The summed E-state index contributed by atoms with van der Waals surface area (Å²) in [6.45, 7) is 5.15. The summed E-state index contributed by atoms with van der Waals surface area (Å²) in [5.41, 5.74) is 1.37. The van der Waals surface area contributed by atoms with Crippen LogP contribution in [-0.4, -0.2) is 25.5 Å². The number of ether oxygens (including phenoxy) is 2. The van der Waals surface area contributed by atoms with Gasteiger partial charge in [0, 0.05) is 5.41 Å². The molecule has 0 aromatic heterocycles. The Kier molecular flexibility index (Phi) is 6.34. The fraction of sp³-hybridized carbons (Fsp3) is 0.273. The number of esters is 1. The van der Waals surface area contributed by atoms with Crippen molar-refractivity contribution in [1.82, 2.24) is 0 Å². The molecule has 26 heavy (non-hydrogen) atoms. The highest BCUT2D eigenvalue weighted by atomic mass is 16.5. The SMILES string of the molecule is COc1cccc(C=C(C(=O)OCC(=O)C(C)(C)C)c2ccccc2)c1. The Morgan fingerprint density at radius 1 is 1.00 bits per heavy atom. The van der Waals surface area contributed by atoms with Crippen LogP contribution in [0.2, 0.25) is 0 Å². The van der Waals surface area contributed by atoms with Gasteiger partial charge in [-0.2, -0.15) is 0 Å². The van der Waals surface area contributed by atoms with Crippen molar-refractivity contribution in [2.24, 2.45) is 5.41 Å². The van der Waals surface area contributed by atoms with Crippen LogP contribution >= 0.6 is 0 Å². The van der Waals surface area contributed by atoms with Gasteiger partial charge in [0.15, 0.2) is 12.4 Å². The molecule has 136 valence electrons. The van der Waals surface area contributed by atoms with Crippen LogP contribution in [0.3, 0.4) is 0 Å². The minimum atomic E-state index is -0.552. The summed E-state index contributed by atoms with van der Waals surface area (Å²) in [6.07, 6.45) is 1.74. The second-order valence-corrected chi connectivity index (χ2v) is 6.95. The predicted octanol–water partition coefficient (Wildman–Crippen LogP) is 4.39. The second kappa shape index (κ2) is 8.48. The molecule has 2 aromatic carbocycles. The van der Waals surface area contributed by atoms with E-state index in [1.54, 1.807) is 34.0 Å². The van der Waals surface area contributed by atoms with Crippen molar-refractivity contribution in [2.75, 3.05) is 13.7 Å². The molecule has 2 aromatic rings. The van der Waals surface area contributed by atoms with Gasteiger partial charge >= 0.3 is 5.97 Å². The number of rotatable bonds is 6. The smallest absolute Gasteiger partial charge is 0.339 e. The van der Waals surface area contributed by atoms with Gasteiger partial charge in [-0.1, -0.05) is 63.2 Å². The third-order valence-corrected chi connectivity index (χ3v) is 3.88. The Bertz CT molecular complexity index is 798. The average molecular weight is 352 g/mol. The molecule has 0 amide bonds. The van der Waals surface area contributed by atoms with Gasteiger partial charge < -0.3 is 9.47 Å². The van der Waals surface area contributed by atoms with Gasteiger partial charge in [-0.05, 0) is 29.3 Å². The van der Waals surface area contributed by atoms with Gasteiger partial charge in [0.2, 0.25) is 0 Å². The van der Waals surface area contributed by atoms with Crippen LogP contribution < -0.4 is 4.74 Å². The van der Waals surface area contributed by atoms with Crippen LogP contribution in [0.1, 0.15) is 31.9 Å². The quantitative estimate of drug-likeness (QED) is 0.439. The first-order chi connectivity index (χ1) is 12.3. The zero-order valence-corrected chi connectivity index (χ0v) is 15.6. The molecule has 0 N–H and O–H groups in total. The molecule has 0 saturated carbocycles. The summed E-state index contributed by atoms with van der Waals surface area (Å²) < 4.78 is 10.5. The first-order valence-corrected chi connectivity index (χ1v) is 8.43. The minimum Gasteiger partial charge on any atom is -0.497 e. The molecule has 0 bridgehead atoms. The topological polar surface area (TPSA) is 52.6 Å². The van der Waals surface area contributed by atoms with Crippen LogP contribution in [0.4, 0.5) is 0 Å². The van der Waals surface area contributed by atoms with E-state index in [2.05, 4.69) is 0 Å². The van der Waals surface area contributed by atoms with Crippen LogP contribution in [0.25, 0.3) is 11.6 Å². The lowest BCUT2D eigenvalue weighted by Crippen LogP contribution is -2.26. The fourth-order valence-corrected chi connectivity index (χ4v) is 2.20. The van der Waals surface area contributed by atoms with Crippen molar-refractivity contribution in [3.05, 3.63) is 65.7 Å². The minimum absolute atomic E-state index is 0.125. The molecule has 0 aliphatic rings. The maximum Gasteiger partial charge on any atom is 0.339 e. The lowest BCUT2D eigenvalue weighted by atomic mass is 9.91. The molecule has 0 spiro atoms. The first-order valence-electron chi connectivity index (χ1n) is 8.43. The summed E-state index contributed by atoms with van der Waals surface area (Å²) in [7, 11) is 1.59. The molecule has 0 radical (unpaired) electrons. The van der Waals surface area contributed by atoms with Crippen LogP contribution in [0.5, 0.6) is 5.75 Å². The summed E-state index contributed by atoms with van der Waals surface area (Å²) in [6, 6.07) is 16.6. The van der Waals surface area contributed by atoms with Gasteiger partial charge in [-0.15, -0.1) is 0 Å². The number of hydrogen-bond acceptors (Lipinski definition) is 4. The molecule has 0 aliphatic carbocycles. The molecule has 0 saturated heterocycles. The Labute approximate surface area is 154 Å². The summed E-state index contributed by atoms with van der Waals surface area (Å²) in [4.78, 5) is 24.7. The molecule has 4 nitrogen and oxygen atoms in total. The molecular weight excluding hydrogens is 328 g/mol. The summed E-state index contributed by atoms with van der Waals surface area (Å²) in [5, 5.41) is 0. The van der Waals surface area contributed by atoms with E-state index in [0.717, 1.165) is 11.1 Å². The Morgan fingerprint density at radius 2 is 1.69 bits per heavy atom. The van der Waals surface area contributed by atoms with E-state index in [4.69, 9.17) is 9.47 Å². The van der Waals surface area contributed by atoms with Crippen molar-refractivity contribution in [2.45, 2.75) is 20.8 Å². The number of carbonyl (C=O) groups is 2. The first kappa shape index (κ1) is 19.4. The van der Waals surface area contributed by atoms with Gasteiger partial charge in [0.1, 0.15) is 5.75 Å². The molecule has 0 aliphatic heterocycles. The fourth-order valence-electron chi connectivity index (χ4n) is 2.20. The molecule has 2 rings (SSSR count).